The summed E-state index contributed by atoms with van der Waals surface area (Å²) >= 11 is 0. The van der Waals surface area contributed by atoms with Crippen LogP contribution in [0, 0.1) is 12.8 Å². The van der Waals surface area contributed by atoms with Crippen LogP contribution in [0.4, 0.5) is 0 Å². The fraction of sp³-hybridized carbons (Fsp3) is 0.357. The molecule has 5 nitrogen and oxygen atoms in total. The fourth-order valence-corrected chi connectivity index (χ4v) is 1.25. The highest BCUT2D eigenvalue weighted by atomic mass is 16.2. The molecular weight excluding hydrogens is 242 g/mol. The van der Waals surface area contributed by atoms with Gasteiger partial charge in [0.1, 0.15) is 0 Å². The van der Waals surface area contributed by atoms with E-state index in [1.54, 1.807) is 0 Å². The molecule has 0 aliphatic heterocycles. The lowest BCUT2D eigenvalue weighted by atomic mass is 10.2. The van der Waals surface area contributed by atoms with Gasteiger partial charge in [-0.2, -0.15) is 5.10 Å². The van der Waals surface area contributed by atoms with Crippen molar-refractivity contribution >= 4 is 18.0 Å². The summed E-state index contributed by atoms with van der Waals surface area (Å²) in [5.41, 5.74) is 4.19. The van der Waals surface area contributed by atoms with Gasteiger partial charge < -0.3 is 5.32 Å². The van der Waals surface area contributed by atoms with E-state index in [0.717, 1.165) is 11.1 Å². The van der Waals surface area contributed by atoms with E-state index < -0.39 is 11.8 Å². The highest BCUT2D eigenvalue weighted by molar-refractivity contribution is 6.35. The number of nitrogens with one attached hydrogen (secondary N) is 2. The van der Waals surface area contributed by atoms with Gasteiger partial charge in [-0.25, -0.2) is 5.43 Å². The maximum atomic E-state index is 11.4. The smallest absolute Gasteiger partial charge is 0.329 e. The van der Waals surface area contributed by atoms with Gasteiger partial charge in [-0.15, -0.1) is 0 Å². The van der Waals surface area contributed by atoms with Crippen LogP contribution in [0.1, 0.15) is 25.0 Å². The van der Waals surface area contributed by atoms with Gasteiger partial charge in [0.05, 0.1) is 6.21 Å². The Labute approximate surface area is 113 Å². The molecule has 0 fully saturated rings. The highest BCUT2D eigenvalue weighted by Crippen LogP contribution is 1.99. The standard InChI is InChI=1S/C14H19N3O2/c1-10(2)8-15-13(18)14(19)17-16-9-12-6-4-11(3)5-7-12/h4-7,9-10H,8H2,1-3H3,(H,15,18)(H,17,19)/b16-9-. The Hall–Kier alpha value is -2.17. The highest BCUT2D eigenvalue weighted by Gasteiger charge is 2.11. The molecular formula is C14H19N3O2. The van der Waals surface area contributed by atoms with E-state index in [2.05, 4.69) is 15.8 Å². The van der Waals surface area contributed by atoms with Crippen LogP contribution in [0.2, 0.25) is 0 Å². The molecule has 19 heavy (non-hydrogen) atoms. The molecule has 0 radical (unpaired) electrons. The zero-order valence-corrected chi connectivity index (χ0v) is 11.4. The molecule has 1 aromatic carbocycles. The van der Waals surface area contributed by atoms with Crippen molar-refractivity contribution in [2.75, 3.05) is 6.54 Å². The lowest BCUT2D eigenvalue weighted by Crippen LogP contribution is -2.39. The van der Waals surface area contributed by atoms with Crippen LogP contribution in [-0.4, -0.2) is 24.6 Å². The van der Waals surface area contributed by atoms with Crippen LogP contribution < -0.4 is 10.7 Å². The largest absolute Gasteiger partial charge is 0.348 e. The molecule has 2 N–H and O–H groups in total. The molecule has 0 saturated heterocycles. The Kier molecular flexibility index (Phi) is 5.73. The molecule has 0 atom stereocenters. The fourth-order valence-electron chi connectivity index (χ4n) is 1.25. The first-order valence-electron chi connectivity index (χ1n) is 6.17. The van der Waals surface area contributed by atoms with Crippen molar-refractivity contribution in [3.63, 3.8) is 0 Å². The molecule has 0 bridgehead atoms. The SMILES string of the molecule is Cc1ccc(/C=N\NC(=O)C(=O)NCC(C)C)cc1. The predicted molar refractivity (Wildman–Crippen MR) is 74.8 cm³/mol. The summed E-state index contributed by atoms with van der Waals surface area (Å²) in [4.78, 5) is 22.7. The minimum Gasteiger partial charge on any atom is -0.348 e. The van der Waals surface area contributed by atoms with Gasteiger partial charge in [-0.3, -0.25) is 9.59 Å². The Morgan fingerprint density at radius 1 is 1.21 bits per heavy atom. The van der Waals surface area contributed by atoms with Crippen molar-refractivity contribution in [2.45, 2.75) is 20.8 Å². The number of carbonyl (C=O) groups is 2. The number of hydrazone groups is 1. The van der Waals surface area contributed by atoms with Crippen LogP contribution in [0.3, 0.4) is 0 Å². The molecule has 0 unspecified atom stereocenters. The number of aryl methyl sites for hydroxylation is 1. The second kappa shape index (κ2) is 7.31. The molecule has 1 aromatic rings. The van der Waals surface area contributed by atoms with Crippen molar-refractivity contribution in [1.82, 2.24) is 10.7 Å². The lowest BCUT2D eigenvalue weighted by Gasteiger charge is -2.05. The minimum atomic E-state index is -0.760. The number of rotatable bonds is 4. The van der Waals surface area contributed by atoms with Crippen LogP contribution in [0.25, 0.3) is 0 Å². The molecule has 0 aliphatic carbocycles. The van der Waals surface area contributed by atoms with Gasteiger partial charge in [0, 0.05) is 6.54 Å². The quantitative estimate of drug-likeness (QED) is 0.486. The third-order valence-corrected chi connectivity index (χ3v) is 2.33. The average molecular weight is 261 g/mol. The predicted octanol–water partition coefficient (Wildman–Crippen LogP) is 1.22. The van der Waals surface area contributed by atoms with Gasteiger partial charge in [0.2, 0.25) is 0 Å². The Morgan fingerprint density at radius 2 is 1.84 bits per heavy atom. The van der Waals surface area contributed by atoms with E-state index in [1.165, 1.54) is 6.21 Å². The van der Waals surface area contributed by atoms with Crippen molar-refractivity contribution in [1.29, 1.82) is 0 Å². The maximum absolute atomic E-state index is 11.4. The third kappa shape index (κ3) is 5.81. The minimum absolute atomic E-state index is 0.299. The Balaban J connectivity index is 2.41. The number of hydrogen-bond donors (Lipinski definition) is 2. The first-order chi connectivity index (χ1) is 8.99. The van der Waals surface area contributed by atoms with E-state index in [4.69, 9.17) is 0 Å². The molecule has 0 aliphatic rings. The number of carbonyl (C=O) groups excluding carboxylic acids is 2. The van der Waals surface area contributed by atoms with Crippen molar-refractivity contribution in [3.8, 4) is 0 Å². The first-order valence-corrected chi connectivity index (χ1v) is 6.17. The van der Waals surface area contributed by atoms with E-state index in [0.29, 0.717) is 12.5 Å². The Bertz CT molecular complexity index is 464. The zero-order chi connectivity index (χ0) is 14.3. The van der Waals surface area contributed by atoms with Gasteiger partial charge in [-0.05, 0) is 18.4 Å². The molecule has 102 valence electrons. The van der Waals surface area contributed by atoms with Gasteiger partial charge >= 0.3 is 11.8 Å². The van der Waals surface area contributed by atoms with Crippen LogP contribution >= 0.6 is 0 Å². The summed E-state index contributed by atoms with van der Waals surface area (Å²) in [6, 6.07) is 7.64. The normalized spacial score (nSPS) is 10.7. The topological polar surface area (TPSA) is 70.6 Å². The number of hydrogen-bond acceptors (Lipinski definition) is 3. The first kappa shape index (κ1) is 14.9. The molecule has 5 heteroatoms. The van der Waals surface area contributed by atoms with E-state index >= 15 is 0 Å². The van der Waals surface area contributed by atoms with Crippen LogP contribution in [-0.2, 0) is 9.59 Å². The molecule has 0 aromatic heterocycles. The van der Waals surface area contributed by atoms with Crippen molar-refractivity contribution in [3.05, 3.63) is 35.4 Å². The summed E-state index contributed by atoms with van der Waals surface area (Å²) < 4.78 is 0. The maximum Gasteiger partial charge on any atom is 0.329 e. The Morgan fingerprint density at radius 3 is 2.42 bits per heavy atom. The zero-order valence-electron chi connectivity index (χ0n) is 11.4. The summed E-state index contributed by atoms with van der Waals surface area (Å²) in [6.45, 7) is 6.36. The van der Waals surface area contributed by atoms with Gasteiger partial charge in [0.25, 0.3) is 0 Å². The summed E-state index contributed by atoms with van der Waals surface area (Å²) in [5.74, 6) is -1.13. The van der Waals surface area contributed by atoms with E-state index in [-0.39, 0.29) is 0 Å². The van der Waals surface area contributed by atoms with Crippen LogP contribution in [0.5, 0.6) is 0 Å². The second-order valence-electron chi connectivity index (χ2n) is 4.71. The molecule has 2 amide bonds. The van der Waals surface area contributed by atoms with Crippen LogP contribution in [0.15, 0.2) is 29.4 Å². The molecule has 1 rings (SSSR count). The molecule has 0 spiro atoms. The number of benzene rings is 1. The van der Waals surface area contributed by atoms with Crippen molar-refractivity contribution < 1.29 is 9.59 Å². The summed E-state index contributed by atoms with van der Waals surface area (Å²) in [6.07, 6.45) is 1.49. The van der Waals surface area contributed by atoms with Gasteiger partial charge in [0.15, 0.2) is 0 Å². The average Bonchev–Trinajstić information content (AvgIpc) is 2.38. The number of amides is 2. The molecule has 0 saturated carbocycles. The third-order valence-electron chi connectivity index (χ3n) is 2.33. The molecule has 0 heterocycles. The summed E-state index contributed by atoms with van der Waals surface area (Å²) in [7, 11) is 0. The van der Waals surface area contributed by atoms with Crippen molar-refractivity contribution in [2.24, 2.45) is 11.0 Å². The van der Waals surface area contributed by atoms with E-state index in [1.807, 2.05) is 45.0 Å². The second-order valence-corrected chi connectivity index (χ2v) is 4.71. The van der Waals surface area contributed by atoms with E-state index in [9.17, 15) is 9.59 Å². The monoisotopic (exact) mass is 261 g/mol. The lowest BCUT2D eigenvalue weighted by molar-refractivity contribution is -0.139. The number of nitrogens with zero attached hydrogens (tertiary/aromatic N) is 1. The van der Waals surface area contributed by atoms with Gasteiger partial charge in [-0.1, -0.05) is 43.7 Å². The summed E-state index contributed by atoms with van der Waals surface area (Å²) in [5, 5.41) is 6.25.